The molecular formula is C16H24N4. The number of allylic oxidation sites excluding steroid dienone is 3. The number of aromatic amines is 1. The molecule has 1 N–H and O–H groups in total. The third-order valence-corrected chi connectivity index (χ3v) is 4.33. The van der Waals surface area contributed by atoms with Crippen LogP contribution in [0, 0.1) is 0 Å². The van der Waals surface area contributed by atoms with Gasteiger partial charge < -0.3 is 4.90 Å². The Morgan fingerprint density at radius 1 is 1.35 bits per heavy atom. The van der Waals surface area contributed by atoms with E-state index >= 15 is 0 Å². The maximum atomic E-state index is 4.55. The predicted molar refractivity (Wildman–Crippen MR) is 82.5 cm³/mol. The summed E-state index contributed by atoms with van der Waals surface area (Å²) in [4.78, 5) is 4.99. The van der Waals surface area contributed by atoms with E-state index in [4.69, 9.17) is 0 Å². The Hall–Kier alpha value is -1.39. The standard InChI is InChI=1S/C16H24N4/c1-13-11-19(2)9-6-10-20(13)12-16-14-7-4-3-5-8-15(14)17-18-16/h3-5,7,13H,6,8-12H2,1-2H3,(H,17,18). The van der Waals surface area contributed by atoms with E-state index in [2.05, 4.69) is 58.3 Å². The van der Waals surface area contributed by atoms with Crippen molar-refractivity contribution in [3.05, 3.63) is 35.2 Å². The molecule has 1 atom stereocenters. The maximum absolute atomic E-state index is 4.55. The van der Waals surface area contributed by atoms with Crippen molar-refractivity contribution in [1.29, 1.82) is 0 Å². The maximum Gasteiger partial charge on any atom is 0.0837 e. The molecule has 1 fully saturated rings. The molecule has 0 bridgehead atoms. The molecule has 2 heterocycles. The lowest BCUT2D eigenvalue weighted by Gasteiger charge is -2.27. The topological polar surface area (TPSA) is 35.2 Å². The van der Waals surface area contributed by atoms with Gasteiger partial charge in [-0.3, -0.25) is 10.00 Å². The van der Waals surface area contributed by atoms with Gasteiger partial charge in [0, 0.05) is 43.4 Å². The van der Waals surface area contributed by atoms with Gasteiger partial charge in [-0.05, 0) is 26.9 Å². The predicted octanol–water partition coefficient (Wildman–Crippen LogP) is 2.06. The highest BCUT2D eigenvalue weighted by molar-refractivity contribution is 5.58. The molecule has 1 aromatic heterocycles. The van der Waals surface area contributed by atoms with Gasteiger partial charge in [-0.2, -0.15) is 5.10 Å². The first-order valence-electron chi connectivity index (χ1n) is 7.56. The van der Waals surface area contributed by atoms with Crippen LogP contribution in [0.1, 0.15) is 30.3 Å². The minimum absolute atomic E-state index is 0.586. The Morgan fingerprint density at radius 2 is 2.25 bits per heavy atom. The van der Waals surface area contributed by atoms with E-state index in [1.807, 2.05) is 0 Å². The summed E-state index contributed by atoms with van der Waals surface area (Å²) in [6.07, 6.45) is 10.8. The first kappa shape index (κ1) is 13.6. The van der Waals surface area contributed by atoms with Gasteiger partial charge in [-0.1, -0.05) is 24.3 Å². The second-order valence-electron chi connectivity index (χ2n) is 5.99. The van der Waals surface area contributed by atoms with Crippen LogP contribution in [0.4, 0.5) is 0 Å². The molecule has 4 nitrogen and oxygen atoms in total. The summed E-state index contributed by atoms with van der Waals surface area (Å²) in [5.74, 6) is 0. The highest BCUT2D eigenvalue weighted by Crippen LogP contribution is 2.20. The van der Waals surface area contributed by atoms with Crippen LogP contribution in [-0.4, -0.2) is 52.7 Å². The lowest BCUT2D eigenvalue weighted by molar-refractivity contribution is 0.192. The monoisotopic (exact) mass is 272 g/mol. The van der Waals surface area contributed by atoms with Crippen molar-refractivity contribution >= 4 is 6.08 Å². The van der Waals surface area contributed by atoms with Crippen LogP contribution in [0.15, 0.2) is 18.2 Å². The summed E-state index contributed by atoms with van der Waals surface area (Å²) >= 11 is 0. The third kappa shape index (κ3) is 2.86. The van der Waals surface area contributed by atoms with Gasteiger partial charge in [-0.15, -0.1) is 0 Å². The van der Waals surface area contributed by atoms with E-state index in [-0.39, 0.29) is 0 Å². The second-order valence-corrected chi connectivity index (χ2v) is 5.99. The van der Waals surface area contributed by atoms with E-state index < -0.39 is 0 Å². The number of rotatable bonds is 2. The Kier molecular flexibility index (Phi) is 4.03. The number of fused-ring (bicyclic) bond motifs is 1. The fourth-order valence-corrected chi connectivity index (χ4v) is 3.17. The fourth-order valence-electron chi connectivity index (χ4n) is 3.17. The smallest absolute Gasteiger partial charge is 0.0837 e. The first-order chi connectivity index (χ1) is 9.74. The summed E-state index contributed by atoms with van der Waals surface area (Å²) in [6.45, 7) is 6.78. The Morgan fingerprint density at radius 3 is 3.15 bits per heavy atom. The molecule has 1 aliphatic heterocycles. The van der Waals surface area contributed by atoms with Crippen LogP contribution in [0.5, 0.6) is 0 Å². The zero-order chi connectivity index (χ0) is 13.9. The number of hydrogen-bond acceptors (Lipinski definition) is 3. The van der Waals surface area contributed by atoms with E-state index in [9.17, 15) is 0 Å². The van der Waals surface area contributed by atoms with Crippen molar-refractivity contribution in [3.8, 4) is 0 Å². The molecule has 4 heteroatoms. The van der Waals surface area contributed by atoms with E-state index in [0.29, 0.717) is 6.04 Å². The van der Waals surface area contributed by atoms with Crippen molar-refractivity contribution < 1.29 is 0 Å². The average Bonchev–Trinajstić information content (AvgIpc) is 2.59. The molecule has 0 amide bonds. The molecule has 0 spiro atoms. The normalized spacial score (nSPS) is 24.4. The molecule has 0 saturated carbocycles. The molecule has 108 valence electrons. The van der Waals surface area contributed by atoms with Gasteiger partial charge >= 0.3 is 0 Å². The van der Waals surface area contributed by atoms with Gasteiger partial charge in [0.15, 0.2) is 0 Å². The molecule has 2 aliphatic rings. The highest BCUT2D eigenvalue weighted by Gasteiger charge is 2.22. The van der Waals surface area contributed by atoms with Gasteiger partial charge in [0.2, 0.25) is 0 Å². The Balaban J connectivity index is 1.76. The van der Waals surface area contributed by atoms with Gasteiger partial charge in [0.05, 0.1) is 5.69 Å². The number of H-pyrrole nitrogens is 1. The van der Waals surface area contributed by atoms with E-state index in [1.165, 1.54) is 29.9 Å². The van der Waals surface area contributed by atoms with Crippen LogP contribution < -0.4 is 0 Å². The van der Waals surface area contributed by atoms with E-state index in [0.717, 1.165) is 26.1 Å². The third-order valence-electron chi connectivity index (χ3n) is 4.33. The van der Waals surface area contributed by atoms with Crippen molar-refractivity contribution in [2.45, 2.75) is 32.4 Å². The van der Waals surface area contributed by atoms with Crippen LogP contribution >= 0.6 is 0 Å². The molecule has 0 radical (unpaired) electrons. The molecule has 3 rings (SSSR count). The lowest BCUT2D eigenvalue weighted by atomic mass is 10.1. The summed E-state index contributed by atoms with van der Waals surface area (Å²) < 4.78 is 0. The molecule has 20 heavy (non-hydrogen) atoms. The molecule has 1 saturated heterocycles. The van der Waals surface area contributed by atoms with Crippen LogP contribution in [0.2, 0.25) is 0 Å². The molecule has 1 unspecified atom stereocenters. The van der Waals surface area contributed by atoms with Crippen LogP contribution in [0.3, 0.4) is 0 Å². The number of aromatic nitrogens is 2. The van der Waals surface area contributed by atoms with Crippen molar-refractivity contribution in [3.63, 3.8) is 0 Å². The van der Waals surface area contributed by atoms with Gasteiger partial charge in [-0.25, -0.2) is 0 Å². The number of likely N-dealkylation sites (N-methyl/N-ethyl adjacent to an activating group) is 1. The summed E-state index contributed by atoms with van der Waals surface area (Å²) in [5.41, 5.74) is 3.72. The Bertz CT molecular complexity index is 515. The van der Waals surface area contributed by atoms with Crippen molar-refractivity contribution in [1.82, 2.24) is 20.0 Å². The molecule has 1 aliphatic carbocycles. The summed E-state index contributed by atoms with van der Waals surface area (Å²) in [7, 11) is 2.22. The van der Waals surface area contributed by atoms with Crippen LogP contribution in [0.25, 0.3) is 6.08 Å². The zero-order valence-electron chi connectivity index (χ0n) is 12.5. The van der Waals surface area contributed by atoms with Gasteiger partial charge in [0.25, 0.3) is 0 Å². The molecule has 0 aromatic carbocycles. The average molecular weight is 272 g/mol. The fraction of sp³-hybridized carbons (Fsp3) is 0.562. The second kappa shape index (κ2) is 5.94. The quantitative estimate of drug-likeness (QED) is 0.895. The largest absolute Gasteiger partial charge is 0.305 e. The summed E-state index contributed by atoms with van der Waals surface area (Å²) in [6, 6.07) is 0.586. The number of nitrogens with one attached hydrogen (secondary N) is 1. The highest BCUT2D eigenvalue weighted by atomic mass is 15.2. The van der Waals surface area contributed by atoms with E-state index in [1.54, 1.807) is 0 Å². The minimum Gasteiger partial charge on any atom is -0.305 e. The van der Waals surface area contributed by atoms with Crippen LogP contribution in [-0.2, 0) is 13.0 Å². The number of nitrogens with zero attached hydrogens (tertiary/aromatic N) is 3. The SMILES string of the molecule is CC1CN(C)CCCN1Cc1n[nH]c2c1C=CC=CC2. The zero-order valence-corrected chi connectivity index (χ0v) is 12.5. The van der Waals surface area contributed by atoms with Gasteiger partial charge in [0.1, 0.15) is 0 Å². The van der Waals surface area contributed by atoms with Crippen molar-refractivity contribution in [2.24, 2.45) is 0 Å². The summed E-state index contributed by atoms with van der Waals surface area (Å²) in [5, 5.41) is 7.76. The molecular weight excluding hydrogens is 248 g/mol. The minimum atomic E-state index is 0.586. The molecule has 1 aromatic rings. The van der Waals surface area contributed by atoms with Crippen molar-refractivity contribution in [2.75, 3.05) is 26.7 Å². The Labute approximate surface area is 121 Å². The lowest BCUT2D eigenvalue weighted by Crippen LogP contribution is -2.37. The first-order valence-corrected chi connectivity index (χ1v) is 7.56. The number of hydrogen-bond donors (Lipinski definition) is 1.